The van der Waals surface area contributed by atoms with E-state index in [1.54, 1.807) is 11.8 Å². The number of benzene rings is 1. The van der Waals surface area contributed by atoms with E-state index in [2.05, 4.69) is 27.0 Å². The van der Waals surface area contributed by atoms with Crippen LogP contribution in [0, 0.1) is 17.0 Å². The second kappa shape index (κ2) is 8.70. The van der Waals surface area contributed by atoms with Crippen LogP contribution in [0.4, 0.5) is 17.3 Å². The van der Waals surface area contributed by atoms with Crippen LogP contribution in [0.15, 0.2) is 24.3 Å². The average Bonchev–Trinajstić information content (AvgIpc) is 3.40. The minimum Gasteiger partial charge on any atom is -0.467 e. The molecule has 2 aromatic rings. The van der Waals surface area contributed by atoms with E-state index >= 15 is 0 Å². The number of anilines is 2. The molecule has 1 saturated carbocycles. The molecule has 4 rings (SSSR count). The summed E-state index contributed by atoms with van der Waals surface area (Å²) in [6.45, 7) is 4.92. The molecule has 2 fully saturated rings. The Labute approximate surface area is 186 Å². The summed E-state index contributed by atoms with van der Waals surface area (Å²) in [5, 5.41) is 11.8. The van der Waals surface area contributed by atoms with Gasteiger partial charge in [0.05, 0.1) is 12.0 Å². The molecule has 10 heteroatoms. The Morgan fingerprint density at radius 1 is 1.28 bits per heavy atom. The highest BCUT2D eigenvalue weighted by Crippen LogP contribution is 2.48. The number of likely N-dealkylation sites (tertiary alicyclic amines) is 1. The number of nitrogens with zero attached hydrogens (tertiary/aromatic N) is 5. The monoisotopic (exact) mass is 440 g/mol. The highest BCUT2D eigenvalue weighted by molar-refractivity contribution is 5.90. The first-order valence-electron chi connectivity index (χ1n) is 10.8. The van der Waals surface area contributed by atoms with Crippen molar-refractivity contribution in [1.82, 2.24) is 14.9 Å². The summed E-state index contributed by atoms with van der Waals surface area (Å²) >= 11 is 0. The average molecular weight is 441 g/mol. The van der Waals surface area contributed by atoms with Crippen LogP contribution in [0.1, 0.15) is 42.6 Å². The molecule has 0 bridgehead atoms. The van der Waals surface area contributed by atoms with E-state index in [9.17, 15) is 14.9 Å². The van der Waals surface area contributed by atoms with Crippen molar-refractivity contribution < 1.29 is 14.5 Å². The minimum atomic E-state index is -1.00. The topological polar surface area (TPSA) is 128 Å². The number of methoxy groups -OCH3 is 1. The van der Waals surface area contributed by atoms with Gasteiger partial charge in [-0.05, 0) is 56.8 Å². The molecule has 1 aromatic heterocycles. The quantitative estimate of drug-likeness (QED) is 0.374. The first kappa shape index (κ1) is 21.9. The van der Waals surface area contributed by atoms with Gasteiger partial charge in [0.2, 0.25) is 11.6 Å². The van der Waals surface area contributed by atoms with E-state index < -0.39 is 16.4 Å². The van der Waals surface area contributed by atoms with Crippen molar-refractivity contribution in [3.05, 3.63) is 51.3 Å². The Balaban J connectivity index is 1.73. The van der Waals surface area contributed by atoms with Gasteiger partial charge in [0, 0.05) is 13.1 Å². The lowest BCUT2D eigenvalue weighted by atomic mass is 10.1. The van der Waals surface area contributed by atoms with E-state index in [4.69, 9.17) is 10.5 Å². The number of nitrogens with two attached hydrogens (primary N) is 1. The Morgan fingerprint density at radius 3 is 2.59 bits per heavy atom. The van der Waals surface area contributed by atoms with Crippen LogP contribution in [0.3, 0.4) is 0 Å². The zero-order valence-electron chi connectivity index (χ0n) is 18.4. The van der Waals surface area contributed by atoms with Crippen molar-refractivity contribution in [2.24, 2.45) is 0 Å². The summed E-state index contributed by atoms with van der Waals surface area (Å²) in [6.07, 6.45) is 3.47. The number of rotatable bonds is 8. The normalized spacial score (nSPS) is 17.2. The van der Waals surface area contributed by atoms with Gasteiger partial charge >= 0.3 is 11.7 Å². The maximum atomic E-state index is 12.7. The van der Waals surface area contributed by atoms with E-state index in [0.29, 0.717) is 18.7 Å². The van der Waals surface area contributed by atoms with Crippen molar-refractivity contribution in [2.45, 2.75) is 51.2 Å². The van der Waals surface area contributed by atoms with E-state index in [0.717, 1.165) is 25.2 Å². The first-order chi connectivity index (χ1) is 15.3. The first-order valence-corrected chi connectivity index (χ1v) is 10.8. The maximum absolute atomic E-state index is 12.7. The third kappa shape index (κ3) is 4.22. The molecule has 32 heavy (non-hydrogen) atoms. The number of carbonyl (C=O) groups excluding carboxylic acids is 1. The van der Waals surface area contributed by atoms with Gasteiger partial charge in [0.25, 0.3) is 0 Å². The van der Waals surface area contributed by atoms with Gasteiger partial charge in [-0.1, -0.05) is 24.3 Å². The molecule has 170 valence electrons. The van der Waals surface area contributed by atoms with Gasteiger partial charge in [0.1, 0.15) is 11.4 Å². The van der Waals surface area contributed by atoms with Gasteiger partial charge < -0.3 is 15.4 Å². The van der Waals surface area contributed by atoms with Crippen LogP contribution in [0.25, 0.3) is 0 Å². The fourth-order valence-electron chi connectivity index (χ4n) is 4.47. The van der Waals surface area contributed by atoms with Gasteiger partial charge in [-0.15, -0.1) is 0 Å². The van der Waals surface area contributed by atoms with E-state index in [-0.39, 0.29) is 23.9 Å². The van der Waals surface area contributed by atoms with Gasteiger partial charge in [0.15, 0.2) is 0 Å². The van der Waals surface area contributed by atoms with Gasteiger partial charge in [-0.2, -0.15) is 0 Å². The zero-order valence-corrected chi connectivity index (χ0v) is 18.4. The lowest BCUT2D eigenvalue weighted by Crippen LogP contribution is -2.45. The minimum absolute atomic E-state index is 0.0489. The van der Waals surface area contributed by atoms with Crippen LogP contribution in [0.2, 0.25) is 0 Å². The molecule has 10 nitrogen and oxygen atoms in total. The van der Waals surface area contributed by atoms with Crippen molar-refractivity contribution in [1.29, 1.82) is 0 Å². The summed E-state index contributed by atoms with van der Waals surface area (Å²) < 4.78 is 5.06. The summed E-state index contributed by atoms with van der Waals surface area (Å²) in [6, 6.07) is 8.10. The fourth-order valence-corrected chi connectivity index (χ4v) is 4.47. The van der Waals surface area contributed by atoms with Crippen molar-refractivity contribution in [2.75, 3.05) is 30.8 Å². The number of carbonyl (C=O) groups is 1. The van der Waals surface area contributed by atoms with Crippen molar-refractivity contribution in [3.63, 3.8) is 0 Å². The third-order valence-corrected chi connectivity index (χ3v) is 6.19. The van der Waals surface area contributed by atoms with Crippen LogP contribution < -0.4 is 10.6 Å². The molecule has 1 saturated heterocycles. The standard InChI is InChI=1S/C22H28N6O4/c1-15-24-19(23)18(28(30)31)20(25-15)27(22(8-9-22)21(29)32-2)14-17-7-5-6-16(12-17)13-26-10-3-4-11-26/h5-7,12H,3-4,8-11,13-14H2,1-2H3,(H2,23,24,25). The Bertz CT molecular complexity index is 1030. The largest absolute Gasteiger partial charge is 0.467 e. The molecule has 1 aliphatic carbocycles. The maximum Gasteiger partial charge on any atom is 0.353 e. The highest BCUT2D eigenvalue weighted by atomic mass is 16.6. The van der Waals surface area contributed by atoms with Gasteiger partial charge in [-0.25, -0.2) is 14.8 Å². The summed E-state index contributed by atoms with van der Waals surface area (Å²) in [7, 11) is 1.32. The zero-order chi connectivity index (χ0) is 22.9. The summed E-state index contributed by atoms with van der Waals surface area (Å²) in [5.74, 6) is -0.301. The second-order valence-corrected chi connectivity index (χ2v) is 8.50. The number of ether oxygens (including phenoxy) is 1. The summed E-state index contributed by atoms with van der Waals surface area (Å²) in [4.78, 5) is 36.4. The molecule has 1 aliphatic heterocycles. The van der Waals surface area contributed by atoms with Crippen LogP contribution in [-0.4, -0.2) is 51.5 Å². The molecule has 0 atom stereocenters. The molecule has 0 spiro atoms. The molecule has 0 radical (unpaired) electrons. The Morgan fingerprint density at radius 2 is 1.97 bits per heavy atom. The Hall–Kier alpha value is -3.27. The lowest BCUT2D eigenvalue weighted by Gasteiger charge is -2.31. The molecule has 2 aliphatic rings. The second-order valence-electron chi connectivity index (χ2n) is 8.50. The molecule has 2 N–H and O–H groups in total. The van der Waals surface area contributed by atoms with Crippen LogP contribution >= 0.6 is 0 Å². The molecular weight excluding hydrogens is 412 g/mol. The predicted octanol–water partition coefficient (Wildman–Crippen LogP) is 2.58. The van der Waals surface area contributed by atoms with E-state index in [1.165, 1.54) is 25.5 Å². The number of aryl methyl sites for hydroxylation is 1. The SMILES string of the molecule is COC(=O)C1(N(Cc2cccc(CN3CCCC3)c2)c2nc(C)nc(N)c2[N+](=O)[O-])CC1. The molecule has 0 unspecified atom stereocenters. The molecule has 2 heterocycles. The van der Waals surface area contributed by atoms with Crippen LogP contribution in [0.5, 0.6) is 0 Å². The number of nitrogen functional groups attached to an aromatic ring is 1. The summed E-state index contributed by atoms with van der Waals surface area (Å²) in [5.41, 5.74) is 6.61. The fraction of sp³-hybridized carbons (Fsp3) is 0.500. The number of hydrogen-bond donors (Lipinski definition) is 1. The number of hydrogen-bond acceptors (Lipinski definition) is 9. The third-order valence-electron chi connectivity index (χ3n) is 6.19. The van der Waals surface area contributed by atoms with Crippen molar-refractivity contribution in [3.8, 4) is 0 Å². The molecule has 1 aromatic carbocycles. The molecule has 0 amide bonds. The number of esters is 1. The number of aromatic nitrogens is 2. The Kier molecular flexibility index (Phi) is 5.96. The number of nitro groups is 1. The van der Waals surface area contributed by atoms with E-state index in [1.807, 2.05) is 12.1 Å². The van der Waals surface area contributed by atoms with Gasteiger partial charge in [-0.3, -0.25) is 15.0 Å². The highest BCUT2D eigenvalue weighted by Gasteiger charge is 2.58. The van der Waals surface area contributed by atoms with Crippen molar-refractivity contribution >= 4 is 23.3 Å². The predicted molar refractivity (Wildman–Crippen MR) is 119 cm³/mol. The van der Waals surface area contributed by atoms with Crippen LogP contribution in [-0.2, 0) is 22.6 Å². The lowest BCUT2D eigenvalue weighted by molar-refractivity contribution is -0.383. The molecular formula is C22H28N6O4. The smallest absolute Gasteiger partial charge is 0.353 e.